The Balaban J connectivity index is 1.39. The highest BCUT2D eigenvalue weighted by Crippen LogP contribution is 2.37. The molecule has 2 aliphatic rings. The summed E-state index contributed by atoms with van der Waals surface area (Å²) in [6, 6.07) is 12.9. The van der Waals surface area contributed by atoms with Gasteiger partial charge in [0.15, 0.2) is 6.10 Å². The molecule has 0 radical (unpaired) electrons. The van der Waals surface area contributed by atoms with Crippen LogP contribution < -0.4 is 14.4 Å². The van der Waals surface area contributed by atoms with Crippen LogP contribution in [0, 0.1) is 0 Å². The van der Waals surface area contributed by atoms with Crippen LogP contribution in [-0.4, -0.2) is 51.2 Å². The van der Waals surface area contributed by atoms with Gasteiger partial charge in [0.25, 0.3) is 5.91 Å². The van der Waals surface area contributed by atoms with E-state index in [1.165, 1.54) is 24.5 Å². The Bertz CT molecular complexity index is 1050. The maximum Gasteiger partial charge on any atom is 0.263 e. The first-order valence-corrected chi connectivity index (χ1v) is 12.5. The van der Waals surface area contributed by atoms with E-state index in [4.69, 9.17) is 16.3 Å². The van der Waals surface area contributed by atoms with Gasteiger partial charge in [-0.1, -0.05) is 35.9 Å². The van der Waals surface area contributed by atoms with Crippen molar-refractivity contribution in [2.75, 3.05) is 30.2 Å². The van der Waals surface area contributed by atoms with E-state index < -0.39 is 16.1 Å². The number of likely N-dealkylation sites (tertiary alicyclic amines) is 1. The molecular formula is C22H26ClN3O4S. The molecule has 1 saturated heterocycles. The Morgan fingerprint density at radius 3 is 2.48 bits per heavy atom. The van der Waals surface area contributed by atoms with E-state index in [2.05, 4.69) is 22.3 Å². The van der Waals surface area contributed by atoms with Gasteiger partial charge in [0.1, 0.15) is 5.75 Å². The molecule has 0 spiro atoms. The van der Waals surface area contributed by atoms with Crippen LogP contribution in [0.3, 0.4) is 0 Å². The van der Waals surface area contributed by atoms with Crippen molar-refractivity contribution in [3.05, 3.63) is 58.6 Å². The number of benzene rings is 2. The molecule has 4 rings (SSSR count). The molecule has 31 heavy (non-hydrogen) atoms. The summed E-state index contributed by atoms with van der Waals surface area (Å²) >= 11 is 6.01. The lowest BCUT2D eigenvalue weighted by Crippen LogP contribution is -2.50. The van der Waals surface area contributed by atoms with Crippen molar-refractivity contribution < 1.29 is 17.9 Å². The summed E-state index contributed by atoms with van der Waals surface area (Å²) in [6.07, 6.45) is 2.68. The number of fused-ring (bicyclic) bond motifs is 1. The molecule has 2 heterocycles. The Kier molecular flexibility index (Phi) is 6.41. The van der Waals surface area contributed by atoms with Crippen LogP contribution in [0.4, 0.5) is 5.69 Å². The van der Waals surface area contributed by atoms with E-state index in [-0.39, 0.29) is 12.5 Å². The van der Waals surface area contributed by atoms with Gasteiger partial charge in [-0.2, -0.15) is 0 Å². The Hall–Kier alpha value is -2.29. The highest BCUT2D eigenvalue weighted by molar-refractivity contribution is 7.92. The number of nitrogens with zero attached hydrogens (tertiary/aromatic N) is 2. The number of rotatable bonds is 6. The highest BCUT2D eigenvalue weighted by Gasteiger charge is 2.35. The fraction of sp³-hybridized carbons (Fsp3) is 0.409. The molecule has 7 nitrogen and oxygen atoms in total. The van der Waals surface area contributed by atoms with Gasteiger partial charge in [-0.05, 0) is 55.3 Å². The normalized spacial score (nSPS) is 19.0. The van der Waals surface area contributed by atoms with E-state index in [1.54, 1.807) is 12.1 Å². The van der Waals surface area contributed by atoms with Crippen molar-refractivity contribution in [1.82, 2.24) is 10.2 Å². The zero-order chi connectivity index (χ0) is 22.0. The molecule has 0 aromatic heterocycles. The minimum absolute atomic E-state index is 0.104. The minimum Gasteiger partial charge on any atom is -0.476 e. The molecule has 1 atom stereocenters. The molecule has 1 amide bonds. The van der Waals surface area contributed by atoms with Crippen LogP contribution >= 0.6 is 11.6 Å². The van der Waals surface area contributed by atoms with Crippen LogP contribution in [0.1, 0.15) is 24.0 Å². The Morgan fingerprint density at radius 2 is 1.81 bits per heavy atom. The third kappa shape index (κ3) is 5.31. The third-order valence-corrected chi connectivity index (χ3v) is 6.96. The summed E-state index contributed by atoms with van der Waals surface area (Å²) in [5, 5.41) is 3.25. The number of hydrogen-bond donors (Lipinski definition) is 1. The quantitative estimate of drug-likeness (QED) is 0.712. The molecule has 166 valence electrons. The summed E-state index contributed by atoms with van der Waals surface area (Å²) < 4.78 is 31.4. The molecule has 0 bridgehead atoms. The minimum atomic E-state index is -3.59. The lowest BCUT2D eigenvalue weighted by Gasteiger charge is -2.34. The van der Waals surface area contributed by atoms with Gasteiger partial charge < -0.3 is 10.1 Å². The SMILES string of the molecule is CS(=O)(=O)N1C[C@H](C(=O)NCc2ccc(CN3CCCC3)cc2)Oc2ccc(Cl)cc21. The first-order valence-electron chi connectivity index (χ1n) is 10.3. The lowest BCUT2D eigenvalue weighted by molar-refractivity contribution is -0.127. The predicted octanol–water partition coefficient (Wildman–Crippen LogP) is 2.78. The van der Waals surface area contributed by atoms with Crippen molar-refractivity contribution in [3.63, 3.8) is 0 Å². The number of carbonyl (C=O) groups is 1. The van der Waals surface area contributed by atoms with E-state index in [0.717, 1.165) is 35.8 Å². The van der Waals surface area contributed by atoms with Crippen LogP contribution in [0.5, 0.6) is 5.75 Å². The lowest BCUT2D eigenvalue weighted by atomic mass is 10.1. The van der Waals surface area contributed by atoms with E-state index in [1.807, 2.05) is 12.1 Å². The van der Waals surface area contributed by atoms with Crippen molar-refractivity contribution in [2.24, 2.45) is 0 Å². The largest absolute Gasteiger partial charge is 0.476 e. The van der Waals surface area contributed by atoms with Crippen LogP contribution in [0.2, 0.25) is 5.02 Å². The first-order chi connectivity index (χ1) is 14.8. The van der Waals surface area contributed by atoms with Gasteiger partial charge in [0.2, 0.25) is 10.0 Å². The van der Waals surface area contributed by atoms with Gasteiger partial charge in [-0.15, -0.1) is 0 Å². The first kappa shape index (κ1) is 21.9. The van der Waals surface area contributed by atoms with Gasteiger partial charge >= 0.3 is 0 Å². The number of nitrogens with one attached hydrogen (secondary N) is 1. The number of amides is 1. The van der Waals surface area contributed by atoms with E-state index in [0.29, 0.717) is 23.0 Å². The van der Waals surface area contributed by atoms with Gasteiger partial charge in [0, 0.05) is 18.1 Å². The topological polar surface area (TPSA) is 79.0 Å². The number of sulfonamides is 1. The van der Waals surface area contributed by atoms with Crippen LogP contribution in [-0.2, 0) is 27.9 Å². The summed E-state index contributed by atoms with van der Waals surface area (Å²) in [5.41, 5.74) is 2.57. The zero-order valence-electron chi connectivity index (χ0n) is 17.4. The fourth-order valence-corrected chi connectivity index (χ4v) is 5.01. The number of ether oxygens (including phenoxy) is 1. The standard InChI is InChI=1S/C22H26ClN3O4S/c1-31(28,29)26-15-21(30-20-9-8-18(23)12-19(20)26)22(27)24-13-16-4-6-17(7-5-16)14-25-10-2-3-11-25/h4-9,12,21H,2-3,10-11,13-15H2,1H3,(H,24,27)/t21-/m1/s1. The summed E-state index contributed by atoms with van der Waals surface area (Å²) in [6.45, 7) is 3.49. The Labute approximate surface area is 188 Å². The number of carbonyl (C=O) groups excluding carboxylic acids is 1. The molecule has 2 aromatic rings. The molecular weight excluding hydrogens is 438 g/mol. The summed E-state index contributed by atoms with van der Waals surface area (Å²) in [4.78, 5) is 15.2. The molecule has 2 aliphatic heterocycles. The zero-order valence-corrected chi connectivity index (χ0v) is 19.0. The average Bonchev–Trinajstić information content (AvgIpc) is 3.24. The highest BCUT2D eigenvalue weighted by atomic mass is 35.5. The van der Waals surface area contributed by atoms with Crippen LogP contribution in [0.25, 0.3) is 0 Å². The van der Waals surface area contributed by atoms with Crippen molar-refractivity contribution in [2.45, 2.75) is 32.0 Å². The van der Waals surface area contributed by atoms with Gasteiger partial charge in [0.05, 0.1) is 18.5 Å². The van der Waals surface area contributed by atoms with Gasteiger partial charge in [-0.3, -0.25) is 14.0 Å². The second-order valence-corrected chi connectivity index (χ2v) is 10.4. The number of halogens is 1. The van der Waals surface area contributed by atoms with Crippen molar-refractivity contribution in [3.8, 4) is 5.75 Å². The molecule has 0 saturated carbocycles. The molecule has 0 aliphatic carbocycles. The van der Waals surface area contributed by atoms with E-state index >= 15 is 0 Å². The number of hydrogen-bond acceptors (Lipinski definition) is 5. The maximum absolute atomic E-state index is 12.7. The average molecular weight is 464 g/mol. The summed E-state index contributed by atoms with van der Waals surface area (Å²) in [7, 11) is -3.59. The molecule has 1 N–H and O–H groups in total. The molecule has 2 aromatic carbocycles. The molecule has 0 unspecified atom stereocenters. The number of anilines is 1. The third-order valence-electron chi connectivity index (χ3n) is 5.58. The second-order valence-electron chi connectivity index (χ2n) is 8.03. The smallest absolute Gasteiger partial charge is 0.263 e. The maximum atomic E-state index is 12.7. The predicted molar refractivity (Wildman–Crippen MR) is 121 cm³/mol. The Morgan fingerprint density at radius 1 is 1.13 bits per heavy atom. The van der Waals surface area contributed by atoms with Gasteiger partial charge in [-0.25, -0.2) is 8.42 Å². The van der Waals surface area contributed by atoms with Crippen LogP contribution in [0.15, 0.2) is 42.5 Å². The summed E-state index contributed by atoms with van der Waals surface area (Å²) in [5.74, 6) is -0.0529. The molecule has 9 heteroatoms. The van der Waals surface area contributed by atoms with Crippen molar-refractivity contribution >= 4 is 33.2 Å². The van der Waals surface area contributed by atoms with E-state index in [9.17, 15) is 13.2 Å². The monoisotopic (exact) mass is 463 g/mol. The van der Waals surface area contributed by atoms with Crippen molar-refractivity contribution in [1.29, 1.82) is 0 Å². The second kappa shape index (κ2) is 9.06. The molecule has 1 fully saturated rings. The fourth-order valence-electron chi connectivity index (χ4n) is 3.94.